The standard InChI is InChI=1S/C23H25N3O/c1-17-4-6-18(7-5-17)22(19-8-10-21(11-9-19)26(2)3)16-23(25-27)20-12-14-24-15-13-20/h4-15,22-23H,16H2,1-3H3/t22-,23?/m1/s1. The van der Waals surface area contributed by atoms with Crippen molar-refractivity contribution in [1.82, 2.24) is 4.98 Å². The minimum atomic E-state index is -0.409. The fourth-order valence-corrected chi connectivity index (χ4v) is 3.32. The lowest BCUT2D eigenvalue weighted by Crippen LogP contribution is -2.10. The third-order valence-electron chi connectivity index (χ3n) is 4.97. The van der Waals surface area contributed by atoms with Crippen LogP contribution in [0.4, 0.5) is 5.69 Å². The van der Waals surface area contributed by atoms with E-state index in [-0.39, 0.29) is 5.92 Å². The topological polar surface area (TPSA) is 45.6 Å². The van der Waals surface area contributed by atoms with E-state index in [1.807, 2.05) is 26.2 Å². The number of aryl methyl sites for hydroxylation is 1. The van der Waals surface area contributed by atoms with Crippen LogP contribution in [0.1, 0.15) is 40.6 Å². The average Bonchev–Trinajstić information content (AvgIpc) is 2.71. The van der Waals surface area contributed by atoms with Gasteiger partial charge in [0.05, 0.1) is 0 Å². The molecule has 0 saturated carbocycles. The van der Waals surface area contributed by atoms with Gasteiger partial charge in [0.15, 0.2) is 0 Å². The average molecular weight is 359 g/mol. The van der Waals surface area contributed by atoms with Crippen molar-refractivity contribution in [1.29, 1.82) is 0 Å². The summed E-state index contributed by atoms with van der Waals surface area (Å²) in [6.07, 6.45) is 4.04. The van der Waals surface area contributed by atoms with Crippen molar-refractivity contribution in [2.45, 2.75) is 25.3 Å². The summed E-state index contributed by atoms with van der Waals surface area (Å²) in [6.45, 7) is 2.08. The molecule has 0 radical (unpaired) electrons. The van der Waals surface area contributed by atoms with Gasteiger partial charge < -0.3 is 4.90 Å². The van der Waals surface area contributed by atoms with E-state index >= 15 is 0 Å². The Morgan fingerprint density at radius 2 is 1.41 bits per heavy atom. The second kappa shape index (κ2) is 8.58. The quantitative estimate of drug-likeness (QED) is 0.524. The van der Waals surface area contributed by atoms with E-state index in [0.717, 1.165) is 11.3 Å². The van der Waals surface area contributed by atoms with Gasteiger partial charge in [0.25, 0.3) is 0 Å². The molecule has 4 heteroatoms. The monoisotopic (exact) mass is 359 g/mol. The second-order valence-electron chi connectivity index (χ2n) is 7.09. The minimum Gasteiger partial charge on any atom is -0.378 e. The number of benzene rings is 2. The molecule has 0 spiro atoms. The van der Waals surface area contributed by atoms with E-state index in [9.17, 15) is 4.91 Å². The van der Waals surface area contributed by atoms with Crippen molar-refractivity contribution in [2.75, 3.05) is 19.0 Å². The Bertz CT molecular complexity index is 858. The lowest BCUT2D eigenvalue weighted by Gasteiger charge is -2.22. The molecular formula is C23H25N3O. The van der Waals surface area contributed by atoms with Crippen molar-refractivity contribution in [2.24, 2.45) is 5.18 Å². The molecule has 0 aliphatic heterocycles. The van der Waals surface area contributed by atoms with E-state index in [0.29, 0.717) is 6.42 Å². The molecule has 4 nitrogen and oxygen atoms in total. The van der Waals surface area contributed by atoms with Crippen molar-refractivity contribution in [3.05, 3.63) is 100 Å². The van der Waals surface area contributed by atoms with Crippen LogP contribution in [0.25, 0.3) is 0 Å². The number of pyridine rings is 1. The summed E-state index contributed by atoms with van der Waals surface area (Å²) in [5.74, 6) is 0.0951. The molecule has 0 aliphatic rings. The van der Waals surface area contributed by atoms with Gasteiger partial charge in [0, 0.05) is 38.1 Å². The van der Waals surface area contributed by atoms with Gasteiger partial charge in [-0.05, 0) is 54.3 Å². The second-order valence-corrected chi connectivity index (χ2v) is 7.09. The molecular weight excluding hydrogens is 334 g/mol. The highest BCUT2D eigenvalue weighted by Crippen LogP contribution is 2.36. The maximum Gasteiger partial charge on any atom is 0.118 e. The Morgan fingerprint density at radius 3 is 1.93 bits per heavy atom. The van der Waals surface area contributed by atoms with Gasteiger partial charge >= 0.3 is 0 Å². The van der Waals surface area contributed by atoms with Crippen LogP contribution in [-0.4, -0.2) is 19.1 Å². The summed E-state index contributed by atoms with van der Waals surface area (Å²) in [7, 11) is 4.06. The first-order valence-electron chi connectivity index (χ1n) is 9.14. The largest absolute Gasteiger partial charge is 0.378 e. The van der Waals surface area contributed by atoms with Crippen LogP contribution in [0.15, 0.2) is 78.2 Å². The molecule has 2 aromatic carbocycles. The summed E-state index contributed by atoms with van der Waals surface area (Å²) >= 11 is 0. The lowest BCUT2D eigenvalue weighted by atomic mass is 9.84. The lowest BCUT2D eigenvalue weighted by molar-refractivity contribution is 0.594. The van der Waals surface area contributed by atoms with Crippen LogP contribution >= 0.6 is 0 Å². The molecule has 1 heterocycles. The molecule has 2 atom stereocenters. The molecule has 0 saturated heterocycles. The van der Waals surface area contributed by atoms with Gasteiger partial charge in [-0.3, -0.25) is 4.98 Å². The number of anilines is 1. The molecule has 0 amide bonds. The summed E-state index contributed by atoms with van der Waals surface area (Å²) in [6, 6.07) is 20.4. The van der Waals surface area contributed by atoms with Crippen LogP contribution in [0, 0.1) is 11.8 Å². The maximum atomic E-state index is 11.6. The zero-order chi connectivity index (χ0) is 19.2. The Morgan fingerprint density at radius 1 is 0.852 bits per heavy atom. The van der Waals surface area contributed by atoms with Gasteiger partial charge in [0.2, 0.25) is 0 Å². The van der Waals surface area contributed by atoms with Gasteiger partial charge in [0.1, 0.15) is 6.04 Å². The van der Waals surface area contributed by atoms with Crippen LogP contribution < -0.4 is 4.90 Å². The first-order chi connectivity index (χ1) is 13.1. The van der Waals surface area contributed by atoms with E-state index in [2.05, 4.69) is 70.5 Å². The third-order valence-corrected chi connectivity index (χ3v) is 4.97. The van der Waals surface area contributed by atoms with E-state index in [1.165, 1.54) is 16.7 Å². The number of hydrogen-bond acceptors (Lipinski definition) is 4. The highest BCUT2D eigenvalue weighted by molar-refractivity contribution is 5.48. The van der Waals surface area contributed by atoms with Crippen molar-refractivity contribution in [3.63, 3.8) is 0 Å². The van der Waals surface area contributed by atoms with Gasteiger partial charge in [-0.25, -0.2) is 0 Å². The number of aromatic nitrogens is 1. The molecule has 0 aliphatic carbocycles. The molecule has 0 fully saturated rings. The fourth-order valence-electron chi connectivity index (χ4n) is 3.32. The number of rotatable bonds is 7. The Balaban J connectivity index is 1.96. The van der Waals surface area contributed by atoms with E-state index in [1.54, 1.807) is 12.4 Å². The maximum absolute atomic E-state index is 11.6. The zero-order valence-electron chi connectivity index (χ0n) is 16.0. The minimum absolute atomic E-state index is 0.0951. The SMILES string of the molecule is Cc1ccc([C@@H](CC(N=O)c2ccncc2)c2ccc(N(C)C)cc2)cc1. The molecule has 0 N–H and O–H groups in total. The third kappa shape index (κ3) is 4.59. The molecule has 3 aromatic rings. The molecule has 0 bridgehead atoms. The molecule has 27 heavy (non-hydrogen) atoms. The smallest absolute Gasteiger partial charge is 0.118 e. The Kier molecular flexibility index (Phi) is 5.97. The molecule has 1 aromatic heterocycles. The first-order valence-corrected chi connectivity index (χ1v) is 9.14. The van der Waals surface area contributed by atoms with Crippen LogP contribution in [0.5, 0.6) is 0 Å². The highest BCUT2D eigenvalue weighted by atomic mass is 16.3. The molecule has 3 rings (SSSR count). The summed E-state index contributed by atoms with van der Waals surface area (Å²) in [5.41, 5.74) is 5.66. The van der Waals surface area contributed by atoms with Crippen LogP contribution in [0.3, 0.4) is 0 Å². The molecule has 1 unspecified atom stereocenters. The summed E-state index contributed by atoms with van der Waals surface area (Å²) in [5, 5.41) is 3.43. The van der Waals surface area contributed by atoms with Crippen LogP contribution in [0.2, 0.25) is 0 Å². The normalized spacial score (nSPS) is 13.0. The number of hydrogen-bond donors (Lipinski definition) is 0. The number of nitroso groups, excluding NO2 is 1. The van der Waals surface area contributed by atoms with Crippen molar-refractivity contribution in [3.8, 4) is 0 Å². The van der Waals surface area contributed by atoms with Gasteiger partial charge in [-0.1, -0.05) is 47.1 Å². The Labute approximate surface area is 160 Å². The molecule has 138 valence electrons. The van der Waals surface area contributed by atoms with E-state index < -0.39 is 6.04 Å². The Hall–Kier alpha value is -3.01. The zero-order valence-corrected chi connectivity index (χ0v) is 16.0. The first kappa shape index (κ1) is 18.8. The van der Waals surface area contributed by atoms with Crippen molar-refractivity contribution >= 4 is 5.69 Å². The fraction of sp³-hybridized carbons (Fsp3) is 0.261. The van der Waals surface area contributed by atoms with Crippen molar-refractivity contribution < 1.29 is 0 Å². The summed E-state index contributed by atoms with van der Waals surface area (Å²) < 4.78 is 0. The predicted octanol–water partition coefficient (Wildman–Crippen LogP) is 5.49. The van der Waals surface area contributed by atoms with Crippen LogP contribution in [-0.2, 0) is 0 Å². The predicted molar refractivity (Wildman–Crippen MR) is 111 cm³/mol. The number of nitrogens with zero attached hydrogens (tertiary/aromatic N) is 3. The van der Waals surface area contributed by atoms with Gasteiger partial charge in [-0.2, -0.15) is 4.91 Å². The van der Waals surface area contributed by atoms with E-state index in [4.69, 9.17) is 0 Å². The summed E-state index contributed by atoms with van der Waals surface area (Å²) in [4.78, 5) is 17.7. The van der Waals surface area contributed by atoms with Gasteiger partial charge in [-0.15, -0.1) is 0 Å². The highest BCUT2D eigenvalue weighted by Gasteiger charge is 2.22.